The molecule has 2 aromatic carbocycles. The molecule has 166 valence electrons. The minimum atomic E-state index is -0.844. The lowest BCUT2D eigenvalue weighted by Crippen LogP contribution is -2.41. The molecule has 0 radical (unpaired) electrons. The van der Waals surface area contributed by atoms with Gasteiger partial charge in [0.05, 0.1) is 18.2 Å². The lowest BCUT2D eigenvalue weighted by molar-refractivity contribution is -0.127. The predicted molar refractivity (Wildman–Crippen MR) is 119 cm³/mol. The number of nitrogens with one attached hydrogen (secondary N) is 2. The summed E-state index contributed by atoms with van der Waals surface area (Å²) in [6.07, 6.45) is -0.332. The van der Waals surface area contributed by atoms with Crippen LogP contribution < -0.4 is 10.6 Å². The molecule has 6 nitrogen and oxygen atoms in total. The first-order valence-corrected chi connectivity index (χ1v) is 10.9. The van der Waals surface area contributed by atoms with Crippen LogP contribution in [0.2, 0.25) is 0 Å². The fourth-order valence-corrected chi connectivity index (χ4v) is 4.03. The fourth-order valence-electron chi connectivity index (χ4n) is 4.03. The van der Waals surface area contributed by atoms with E-state index in [1.807, 2.05) is 54.6 Å². The van der Waals surface area contributed by atoms with Crippen LogP contribution in [0.1, 0.15) is 43.0 Å². The van der Waals surface area contributed by atoms with Gasteiger partial charge in [-0.3, -0.25) is 9.59 Å². The zero-order chi connectivity index (χ0) is 22.4. The van der Waals surface area contributed by atoms with Crippen molar-refractivity contribution >= 4 is 11.8 Å². The molecule has 3 rings (SSSR count). The van der Waals surface area contributed by atoms with Gasteiger partial charge in [0, 0.05) is 24.8 Å². The smallest absolute Gasteiger partial charge is 0.224 e. The van der Waals surface area contributed by atoms with Crippen molar-refractivity contribution in [3.8, 4) is 0 Å². The molecular weight excluding hydrogens is 392 g/mol. The van der Waals surface area contributed by atoms with E-state index in [1.54, 1.807) is 13.8 Å². The fraction of sp³-hybridized carbons (Fsp3) is 0.440. The number of carbonyl (C=O) groups is 2. The van der Waals surface area contributed by atoms with E-state index in [4.69, 9.17) is 0 Å². The molecule has 0 saturated heterocycles. The summed E-state index contributed by atoms with van der Waals surface area (Å²) in [5, 5.41) is 26.7. The van der Waals surface area contributed by atoms with Crippen LogP contribution in [0.5, 0.6) is 0 Å². The molecule has 4 atom stereocenters. The third-order valence-corrected chi connectivity index (χ3v) is 5.79. The summed E-state index contributed by atoms with van der Waals surface area (Å²) >= 11 is 0. The Kier molecular flexibility index (Phi) is 7.82. The van der Waals surface area contributed by atoms with Crippen molar-refractivity contribution in [2.45, 2.75) is 51.4 Å². The van der Waals surface area contributed by atoms with E-state index in [2.05, 4.69) is 10.6 Å². The zero-order valence-electron chi connectivity index (χ0n) is 18.1. The first kappa shape index (κ1) is 23.0. The Morgan fingerprint density at radius 3 is 2.42 bits per heavy atom. The van der Waals surface area contributed by atoms with Gasteiger partial charge in [-0.1, -0.05) is 68.4 Å². The molecule has 4 N–H and O–H groups in total. The molecule has 0 bridgehead atoms. The van der Waals surface area contributed by atoms with E-state index in [0.717, 1.165) is 16.7 Å². The number of amides is 2. The van der Waals surface area contributed by atoms with Gasteiger partial charge < -0.3 is 20.8 Å². The van der Waals surface area contributed by atoms with Crippen molar-refractivity contribution in [3.05, 3.63) is 71.3 Å². The topological polar surface area (TPSA) is 98.7 Å². The Labute approximate surface area is 183 Å². The van der Waals surface area contributed by atoms with Crippen LogP contribution in [0.25, 0.3) is 0 Å². The molecule has 0 saturated carbocycles. The van der Waals surface area contributed by atoms with Crippen LogP contribution in [-0.4, -0.2) is 40.8 Å². The second kappa shape index (κ2) is 10.6. The number of benzene rings is 2. The summed E-state index contributed by atoms with van der Waals surface area (Å²) in [6.45, 7) is 3.68. The maximum Gasteiger partial charge on any atom is 0.224 e. The number of fused-ring (bicyclic) bond motifs is 1. The van der Waals surface area contributed by atoms with Gasteiger partial charge in [-0.25, -0.2) is 0 Å². The predicted octanol–water partition coefficient (Wildman–Crippen LogP) is 2.14. The van der Waals surface area contributed by atoms with E-state index >= 15 is 0 Å². The molecule has 6 heteroatoms. The van der Waals surface area contributed by atoms with Gasteiger partial charge in [0.1, 0.15) is 0 Å². The Balaban J connectivity index is 1.69. The lowest BCUT2D eigenvalue weighted by atomic mass is 9.92. The largest absolute Gasteiger partial charge is 0.391 e. The Morgan fingerprint density at radius 2 is 1.71 bits per heavy atom. The second-order valence-electron chi connectivity index (χ2n) is 8.63. The van der Waals surface area contributed by atoms with Crippen molar-refractivity contribution < 1.29 is 19.8 Å². The highest BCUT2D eigenvalue weighted by Gasteiger charge is 2.34. The lowest BCUT2D eigenvalue weighted by Gasteiger charge is -2.24. The highest BCUT2D eigenvalue weighted by Crippen LogP contribution is 2.31. The molecule has 0 aromatic heterocycles. The summed E-state index contributed by atoms with van der Waals surface area (Å²) in [5.74, 6) is -1.000. The van der Waals surface area contributed by atoms with E-state index in [-0.39, 0.29) is 30.7 Å². The van der Waals surface area contributed by atoms with Gasteiger partial charge in [-0.2, -0.15) is 0 Å². The average Bonchev–Trinajstić information content (AvgIpc) is 3.07. The van der Waals surface area contributed by atoms with Crippen LogP contribution >= 0.6 is 0 Å². The number of carbonyl (C=O) groups excluding carboxylic acids is 2. The minimum Gasteiger partial charge on any atom is -0.391 e. The zero-order valence-corrected chi connectivity index (χ0v) is 18.1. The Hall–Kier alpha value is -2.70. The highest BCUT2D eigenvalue weighted by atomic mass is 16.3. The first-order valence-electron chi connectivity index (χ1n) is 10.9. The van der Waals surface area contributed by atoms with Crippen LogP contribution in [0.15, 0.2) is 54.6 Å². The SMILES string of the molecule is CC(C)C(=O)NCC(O)CC(Cc1ccccc1)C(=O)NC1c2ccccc2CC1O. The summed E-state index contributed by atoms with van der Waals surface area (Å²) < 4.78 is 0. The van der Waals surface area contributed by atoms with Crippen LogP contribution in [0.3, 0.4) is 0 Å². The summed E-state index contributed by atoms with van der Waals surface area (Å²) in [4.78, 5) is 25.0. The Bertz CT molecular complexity index is 884. The first-order chi connectivity index (χ1) is 14.8. The number of rotatable bonds is 9. The highest BCUT2D eigenvalue weighted by molar-refractivity contribution is 5.80. The van der Waals surface area contributed by atoms with Gasteiger partial charge in [-0.05, 0) is 29.5 Å². The van der Waals surface area contributed by atoms with Gasteiger partial charge in [0.2, 0.25) is 11.8 Å². The normalized spacial score (nSPS) is 19.5. The molecular formula is C25H32N2O4. The van der Waals surface area contributed by atoms with Crippen molar-refractivity contribution in [2.75, 3.05) is 6.54 Å². The maximum absolute atomic E-state index is 13.2. The number of aliphatic hydroxyl groups is 2. The average molecular weight is 425 g/mol. The van der Waals surface area contributed by atoms with Gasteiger partial charge in [0.25, 0.3) is 0 Å². The molecule has 2 aromatic rings. The molecule has 4 unspecified atom stereocenters. The van der Waals surface area contributed by atoms with Gasteiger partial charge in [-0.15, -0.1) is 0 Å². The Morgan fingerprint density at radius 1 is 1.03 bits per heavy atom. The van der Waals surface area contributed by atoms with Crippen molar-refractivity contribution in [2.24, 2.45) is 11.8 Å². The molecule has 2 amide bonds. The molecule has 1 aliphatic rings. The number of hydrogen-bond donors (Lipinski definition) is 4. The van der Waals surface area contributed by atoms with Gasteiger partial charge >= 0.3 is 0 Å². The quantitative estimate of drug-likeness (QED) is 0.496. The van der Waals surface area contributed by atoms with Gasteiger partial charge in [0.15, 0.2) is 0 Å². The van der Waals surface area contributed by atoms with Crippen molar-refractivity contribution in [3.63, 3.8) is 0 Å². The standard InChI is InChI=1S/C25H32N2O4/c1-16(2)24(30)26-15-20(28)13-19(12-17-8-4-3-5-9-17)25(31)27-23-21-11-7-6-10-18(21)14-22(23)29/h3-11,16,19-20,22-23,28-29H,12-15H2,1-2H3,(H,26,30)(H,27,31). The monoisotopic (exact) mass is 424 g/mol. The van der Waals surface area contributed by atoms with E-state index in [9.17, 15) is 19.8 Å². The van der Waals surface area contributed by atoms with Crippen molar-refractivity contribution in [1.82, 2.24) is 10.6 Å². The summed E-state index contributed by atoms with van der Waals surface area (Å²) in [7, 11) is 0. The van der Waals surface area contributed by atoms with Crippen LogP contribution in [-0.2, 0) is 22.4 Å². The van der Waals surface area contributed by atoms with E-state index in [1.165, 1.54) is 0 Å². The third kappa shape index (κ3) is 6.15. The van der Waals surface area contributed by atoms with Crippen LogP contribution in [0.4, 0.5) is 0 Å². The van der Waals surface area contributed by atoms with E-state index in [0.29, 0.717) is 12.8 Å². The molecule has 0 spiro atoms. The summed E-state index contributed by atoms with van der Waals surface area (Å²) in [6, 6.07) is 16.9. The molecule has 0 fully saturated rings. The molecule has 0 aliphatic heterocycles. The van der Waals surface area contributed by atoms with E-state index < -0.39 is 24.2 Å². The number of aliphatic hydroxyl groups excluding tert-OH is 2. The van der Waals surface area contributed by atoms with Crippen molar-refractivity contribution in [1.29, 1.82) is 0 Å². The van der Waals surface area contributed by atoms with Crippen LogP contribution in [0, 0.1) is 11.8 Å². The second-order valence-corrected chi connectivity index (χ2v) is 8.63. The molecule has 1 aliphatic carbocycles. The number of hydrogen-bond acceptors (Lipinski definition) is 4. The summed E-state index contributed by atoms with van der Waals surface area (Å²) in [5.41, 5.74) is 2.97. The molecule has 31 heavy (non-hydrogen) atoms. The third-order valence-electron chi connectivity index (χ3n) is 5.79. The molecule has 0 heterocycles. The maximum atomic E-state index is 13.2. The minimum absolute atomic E-state index is 0.102.